The van der Waals surface area contributed by atoms with Crippen LogP contribution in [0.15, 0.2) is 84.9 Å². The number of benzene rings is 3. The molecule has 0 atom stereocenters. The van der Waals surface area contributed by atoms with E-state index in [1.54, 1.807) is 24.3 Å². The zero-order chi connectivity index (χ0) is 22.6. The maximum atomic E-state index is 13.0. The van der Waals surface area contributed by atoms with Crippen molar-refractivity contribution in [3.63, 3.8) is 0 Å². The van der Waals surface area contributed by atoms with E-state index < -0.39 is 6.09 Å². The summed E-state index contributed by atoms with van der Waals surface area (Å²) >= 11 is 0. The SMILES string of the molecule is CCCCCOC(=O)c1cccc(N(Cc2ccccc2)C(=O)OCc2ccccc2)c1. The average molecular weight is 432 g/mol. The molecule has 0 unspecified atom stereocenters. The molecule has 0 fully saturated rings. The number of hydrogen-bond acceptors (Lipinski definition) is 4. The molecule has 3 aromatic rings. The fraction of sp³-hybridized carbons (Fsp3) is 0.259. The van der Waals surface area contributed by atoms with Crippen LogP contribution in [0.25, 0.3) is 0 Å². The monoisotopic (exact) mass is 431 g/mol. The Morgan fingerprint density at radius 1 is 0.781 bits per heavy atom. The minimum Gasteiger partial charge on any atom is -0.462 e. The predicted octanol–water partition coefficient (Wildman–Crippen LogP) is 6.38. The summed E-state index contributed by atoms with van der Waals surface area (Å²) in [6, 6.07) is 26.1. The third-order valence-corrected chi connectivity index (χ3v) is 4.98. The maximum absolute atomic E-state index is 13.0. The Morgan fingerprint density at radius 3 is 2.16 bits per heavy atom. The van der Waals surface area contributed by atoms with Crippen LogP contribution >= 0.6 is 0 Å². The summed E-state index contributed by atoms with van der Waals surface area (Å²) in [6.45, 7) is 2.99. The molecule has 0 heterocycles. The third-order valence-electron chi connectivity index (χ3n) is 4.98. The van der Waals surface area contributed by atoms with Crippen molar-refractivity contribution >= 4 is 17.7 Å². The standard InChI is InChI=1S/C27H29NO4/c1-2-3-10-18-31-26(29)24-16-11-17-25(19-24)28(20-22-12-6-4-7-13-22)27(30)32-21-23-14-8-5-9-15-23/h4-9,11-17,19H,2-3,10,18,20-21H2,1H3. The van der Waals surface area contributed by atoms with E-state index in [1.807, 2.05) is 60.7 Å². The highest BCUT2D eigenvalue weighted by atomic mass is 16.6. The second-order valence-corrected chi connectivity index (χ2v) is 7.51. The van der Waals surface area contributed by atoms with Crippen molar-refractivity contribution in [2.75, 3.05) is 11.5 Å². The molecule has 0 aromatic heterocycles. The Balaban J connectivity index is 1.76. The smallest absolute Gasteiger partial charge is 0.414 e. The Morgan fingerprint density at radius 2 is 1.47 bits per heavy atom. The van der Waals surface area contributed by atoms with Crippen LogP contribution in [0.2, 0.25) is 0 Å². The van der Waals surface area contributed by atoms with E-state index in [-0.39, 0.29) is 12.6 Å². The van der Waals surface area contributed by atoms with Crippen molar-refractivity contribution in [3.05, 3.63) is 102 Å². The molecule has 0 bridgehead atoms. The summed E-state index contributed by atoms with van der Waals surface area (Å²) in [5, 5.41) is 0. The molecule has 0 saturated heterocycles. The molecule has 3 rings (SSSR count). The molecule has 5 nitrogen and oxygen atoms in total. The van der Waals surface area contributed by atoms with Crippen LogP contribution in [-0.4, -0.2) is 18.7 Å². The molecular weight excluding hydrogens is 402 g/mol. The molecule has 0 aliphatic heterocycles. The largest absolute Gasteiger partial charge is 0.462 e. The zero-order valence-corrected chi connectivity index (χ0v) is 18.4. The summed E-state index contributed by atoms with van der Waals surface area (Å²) in [5.41, 5.74) is 2.85. The number of esters is 1. The highest BCUT2D eigenvalue weighted by Gasteiger charge is 2.20. The topological polar surface area (TPSA) is 55.8 Å². The van der Waals surface area contributed by atoms with E-state index in [0.29, 0.717) is 24.4 Å². The van der Waals surface area contributed by atoms with Crippen LogP contribution < -0.4 is 4.90 Å². The maximum Gasteiger partial charge on any atom is 0.414 e. The molecule has 0 aliphatic carbocycles. The highest BCUT2D eigenvalue weighted by Crippen LogP contribution is 2.21. The van der Waals surface area contributed by atoms with Crippen molar-refractivity contribution in [2.45, 2.75) is 39.3 Å². The predicted molar refractivity (Wildman–Crippen MR) is 126 cm³/mol. The summed E-state index contributed by atoms with van der Waals surface area (Å²) < 4.78 is 11.0. The van der Waals surface area contributed by atoms with Gasteiger partial charge in [0, 0.05) is 5.69 Å². The van der Waals surface area contributed by atoms with Crippen LogP contribution in [0.4, 0.5) is 10.5 Å². The second kappa shape index (κ2) is 12.3. The highest BCUT2D eigenvalue weighted by molar-refractivity contribution is 5.93. The van der Waals surface area contributed by atoms with Gasteiger partial charge in [0.1, 0.15) is 6.61 Å². The van der Waals surface area contributed by atoms with Gasteiger partial charge >= 0.3 is 12.1 Å². The second-order valence-electron chi connectivity index (χ2n) is 7.51. The molecule has 32 heavy (non-hydrogen) atoms. The third kappa shape index (κ3) is 6.98. The van der Waals surface area contributed by atoms with Crippen molar-refractivity contribution < 1.29 is 19.1 Å². The lowest BCUT2D eigenvalue weighted by Crippen LogP contribution is -2.31. The van der Waals surface area contributed by atoms with Gasteiger partial charge in [-0.25, -0.2) is 9.59 Å². The molecule has 3 aromatic carbocycles. The number of carbonyl (C=O) groups is 2. The van der Waals surface area contributed by atoms with Crippen molar-refractivity contribution in [1.82, 2.24) is 0 Å². The van der Waals surface area contributed by atoms with Gasteiger partial charge < -0.3 is 9.47 Å². The van der Waals surface area contributed by atoms with E-state index in [9.17, 15) is 9.59 Å². The van der Waals surface area contributed by atoms with Gasteiger partial charge in [0.2, 0.25) is 0 Å². The molecule has 166 valence electrons. The molecule has 5 heteroatoms. The van der Waals surface area contributed by atoms with Gasteiger partial charge in [0.25, 0.3) is 0 Å². The lowest BCUT2D eigenvalue weighted by Gasteiger charge is -2.23. The van der Waals surface area contributed by atoms with E-state index in [0.717, 1.165) is 30.4 Å². The van der Waals surface area contributed by atoms with Crippen LogP contribution in [0.1, 0.15) is 47.7 Å². The molecule has 0 spiro atoms. The van der Waals surface area contributed by atoms with E-state index in [1.165, 1.54) is 4.90 Å². The lowest BCUT2D eigenvalue weighted by atomic mass is 10.1. The molecule has 0 radical (unpaired) electrons. The van der Waals surface area contributed by atoms with Crippen LogP contribution in [0.3, 0.4) is 0 Å². The minimum absolute atomic E-state index is 0.171. The van der Waals surface area contributed by atoms with E-state index >= 15 is 0 Å². The summed E-state index contributed by atoms with van der Waals surface area (Å²) in [6.07, 6.45) is 2.44. The quantitative estimate of drug-likeness (QED) is 0.276. The van der Waals surface area contributed by atoms with Gasteiger partial charge in [-0.05, 0) is 35.7 Å². The molecule has 0 N–H and O–H groups in total. The Kier molecular flexibility index (Phi) is 8.87. The first-order valence-electron chi connectivity index (χ1n) is 11.0. The van der Waals surface area contributed by atoms with Crippen molar-refractivity contribution in [1.29, 1.82) is 0 Å². The number of unbranched alkanes of at least 4 members (excludes halogenated alkanes) is 2. The van der Waals surface area contributed by atoms with Gasteiger partial charge in [-0.2, -0.15) is 0 Å². The Labute approximate surface area is 189 Å². The summed E-state index contributed by atoms with van der Waals surface area (Å²) in [5.74, 6) is -0.389. The van der Waals surface area contributed by atoms with Gasteiger partial charge in [0.15, 0.2) is 0 Å². The average Bonchev–Trinajstić information content (AvgIpc) is 2.85. The fourth-order valence-electron chi connectivity index (χ4n) is 3.23. The number of anilines is 1. The van der Waals surface area contributed by atoms with E-state index in [2.05, 4.69) is 6.92 Å². The molecule has 0 saturated carbocycles. The van der Waals surface area contributed by atoms with Crippen LogP contribution in [0, 0.1) is 0 Å². The van der Waals surface area contributed by atoms with Gasteiger partial charge in [-0.3, -0.25) is 4.90 Å². The fourth-order valence-corrected chi connectivity index (χ4v) is 3.23. The first kappa shape index (κ1) is 23.1. The van der Waals surface area contributed by atoms with Crippen LogP contribution in [-0.2, 0) is 22.6 Å². The number of hydrogen-bond donors (Lipinski definition) is 0. The molecule has 1 amide bonds. The number of rotatable bonds is 10. The minimum atomic E-state index is -0.480. The first-order valence-corrected chi connectivity index (χ1v) is 11.0. The number of ether oxygens (including phenoxy) is 2. The summed E-state index contributed by atoms with van der Waals surface area (Å²) in [4.78, 5) is 27.0. The first-order chi connectivity index (χ1) is 15.7. The van der Waals surface area contributed by atoms with Crippen molar-refractivity contribution in [3.8, 4) is 0 Å². The van der Waals surface area contributed by atoms with E-state index in [4.69, 9.17) is 9.47 Å². The molecular formula is C27H29NO4. The Hall–Kier alpha value is -3.60. The van der Waals surface area contributed by atoms with Gasteiger partial charge in [-0.15, -0.1) is 0 Å². The molecule has 0 aliphatic rings. The normalized spacial score (nSPS) is 10.4. The number of nitrogens with zero attached hydrogens (tertiary/aromatic N) is 1. The van der Waals surface area contributed by atoms with Crippen molar-refractivity contribution in [2.24, 2.45) is 0 Å². The number of carbonyl (C=O) groups excluding carboxylic acids is 2. The van der Waals surface area contributed by atoms with Crippen LogP contribution in [0.5, 0.6) is 0 Å². The Bertz CT molecular complexity index is 989. The summed E-state index contributed by atoms with van der Waals surface area (Å²) in [7, 11) is 0. The lowest BCUT2D eigenvalue weighted by molar-refractivity contribution is 0.0498. The zero-order valence-electron chi connectivity index (χ0n) is 18.4. The van der Waals surface area contributed by atoms with Gasteiger partial charge in [0.05, 0.1) is 18.7 Å². The number of amides is 1. The van der Waals surface area contributed by atoms with Gasteiger partial charge in [-0.1, -0.05) is 86.5 Å².